The van der Waals surface area contributed by atoms with Crippen molar-refractivity contribution in [2.75, 3.05) is 66.1 Å². The highest BCUT2D eigenvalue weighted by molar-refractivity contribution is 9.11. The Morgan fingerprint density at radius 3 is 1.32 bits per heavy atom. The van der Waals surface area contributed by atoms with E-state index in [0.717, 1.165) is 90.5 Å². The van der Waals surface area contributed by atoms with Gasteiger partial charge in [0.1, 0.15) is 49.1 Å². The molecule has 0 aliphatic carbocycles. The summed E-state index contributed by atoms with van der Waals surface area (Å²) in [6.45, 7) is 14.5. The Bertz CT molecular complexity index is 1770. The standard InChI is InChI=1S/C47H56Br4O8/c1-5-7-17-52-23-33(54-25-35-27-56-35)29-58-45-41(48)19-31(20-42(45)49)37-13-9-11-15-39(37)47(3,4)40-16-12-10-14-38(40)32-21-43(50)46(44(51)22-32)59-30-34(24-53-18-8-6-2)55-26-36-28-57-36/h9-16,19-22,33-36H,5-8,17-18,23-30H2,1-4H3. The molecule has 4 atom stereocenters. The fourth-order valence-corrected chi connectivity index (χ4v) is 9.62. The minimum absolute atomic E-state index is 0.170. The molecule has 0 spiro atoms. The number of ether oxygens (including phenoxy) is 8. The van der Waals surface area contributed by atoms with E-state index in [1.54, 1.807) is 0 Å². The molecule has 0 bridgehead atoms. The van der Waals surface area contributed by atoms with Gasteiger partial charge in [-0.15, -0.1) is 0 Å². The number of epoxide rings is 2. The van der Waals surface area contributed by atoms with Gasteiger partial charge in [0, 0.05) is 18.6 Å². The van der Waals surface area contributed by atoms with Gasteiger partial charge in [0.2, 0.25) is 0 Å². The van der Waals surface area contributed by atoms with Crippen molar-refractivity contribution in [2.24, 2.45) is 0 Å². The zero-order valence-corrected chi connectivity index (χ0v) is 40.8. The average Bonchev–Trinajstić information content (AvgIpc) is 4.17. The first-order valence-electron chi connectivity index (χ1n) is 20.6. The monoisotopic (exact) mass is 1060 g/mol. The quantitative estimate of drug-likeness (QED) is 0.0454. The SMILES string of the molecule is CCCCOCC(COc1c(Br)cc(-c2ccccc2C(C)(C)c2ccccc2-c2cc(Br)c(OCC(COCCCC)OCC3CO3)c(Br)c2)cc1Br)OCC1CO1. The van der Waals surface area contributed by atoms with E-state index in [4.69, 9.17) is 37.9 Å². The van der Waals surface area contributed by atoms with Gasteiger partial charge in [-0.05, 0) is 134 Å². The Morgan fingerprint density at radius 2 is 0.966 bits per heavy atom. The Hall–Kier alpha value is -1.84. The smallest absolute Gasteiger partial charge is 0.147 e. The molecule has 0 aromatic heterocycles. The van der Waals surface area contributed by atoms with Crippen molar-refractivity contribution in [3.63, 3.8) is 0 Å². The molecule has 0 amide bonds. The van der Waals surface area contributed by atoms with Gasteiger partial charge in [0.15, 0.2) is 0 Å². The van der Waals surface area contributed by atoms with E-state index in [1.807, 2.05) is 0 Å². The molecule has 320 valence electrons. The summed E-state index contributed by atoms with van der Waals surface area (Å²) in [6.07, 6.45) is 4.13. The van der Waals surface area contributed by atoms with Gasteiger partial charge in [-0.3, -0.25) is 0 Å². The molecule has 2 aliphatic rings. The lowest BCUT2D eigenvalue weighted by Crippen LogP contribution is -2.29. The predicted molar refractivity (Wildman–Crippen MR) is 248 cm³/mol. The van der Waals surface area contributed by atoms with Crippen molar-refractivity contribution in [1.82, 2.24) is 0 Å². The molecule has 4 aromatic rings. The second kappa shape index (κ2) is 23.0. The molecule has 2 heterocycles. The lowest BCUT2D eigenvalue weighted by molar-refractivity contribution is -0.0419. The molecule has 4 aromatic carbocycles. The largest absolute Gasteiger partial charge is 0.488 e. The van der Waals surface area contributed by atoms with Crippen molar-refractivity contribution in [3.8, 4) is 33.8 Å². The molecular weight excluding hydrogens is 1010 g/mol. The molecule has 2 aliphatic heterocycles. The van der Waals surface area contributed by atoms with Crippen LogP contribution in [0, 0.1) is 0 Å². The third-order valence-corrected chi connectivity index (χ3v) is 12.7. The Labute approximate surface area is 383 Å². The van der Waals surface area contributed by atoms with Crippen molar-refractivity contribution >= 4 is 63.7 Å². The number of hydrogen-bond donors (Lipinski definition) is 0. The summed E-state index contributed by atoms with van der Waals surface area (Å²) in [4.78, 5) is 0. The van der Waals surface area contributed by atoms with Crippen LogP contribution in [0.15, 0.2) is 90.7 Å². The molecule has 4 unspecified atom stereocenters. The summed E-state index contributed by atoms with van der Waals surface area (Å²) in [7, 11) is 0. The van der Waals surface area contributed by atoms with Crippen LogP contribution in [0.25, 0.3) is 22.3 Å². The lowest BCUT2D eigenvalue weighted by atomic mass is 9.72. The molecule has 0 N–H and O–H groups in total. The third kappa shape index (κ3) is 13.6. The van der Waals surface area contributed by atoms with Gasteiger partial charge in [-0.2, -0.15) is 0 Å². The van der Waals surface area contributed by atoms with Crippen LogP contribution in [0.2, 0.25) is 0 Å². The Balaban J connectivity index is 1.20. The van der Waals surface area contributed by atoms with Crippen molar-refractivity contribution in [2.45, 2.75) is 83.2 Å². The van der Waals surface area contributed by atoms with Gasteiger partial charge in [0.25, 0.3) is 0 Å². The molecule has 6 rings (SSSR count). The van der Waals surface area contributed by atoms with Crippen LogP contribution in [0.5, 0.6) is 11.5 Å². The summed E-state index contributed by atoms with van der Waals surface area (Å²) < 4.78 is 51.0. The Kier molecular flexibility index (Phi) is 18.2. The first-order chi connectivity index (χ1) is 28.6. The summed E-state index contributed by atoms with van der Waals surface area (Å²) in [6, 6.07) is 25.8. The summed E-state index contributed by atoms with van der Waals surface area (Å²) >= 11 is 15.4. The van der Waals surface area contributed by atoms with E-state index in [1.165, 1.54) is 11.1 Å². The number of hydrogen-bond acceptors (Lipinski definition) is 8. The summed E-state index contributed by atoms with van der Waals surface area (Å²) in [5.41, 5.74) is 6.39. The normalized spacial score (nSPS) is 17.2. The number of halogens is 4. The highest BCUT2D eigenvalue weighted by Gasteiger charge is 2.31. The second-order valence-electron chi connectivity index (χ2n) is 15.6. The maximum atomic E-state index is 6.39. The van der Waals surface area contributed by atoms with Crippen LogP contribution >= 0.6 is 63.7 Å². The van der Waals surface area contributed by atoms with Gasteiger partial charge in [-0.25, -0.2) is 0 Å². The van der Waals surface area contributed by atoms with Crippen LogP contribution in [0.1, 0.15) is 64.5 Å². The van der Waals surface area contributed by atoms with Crippen LogP contribution < -0.4 is 9.47 Å². The molecule has 59 heavy (non-hydrogen) atoms. The van der Waals surface area contributed by atoms with Gasteiger partial charge in [-0.1, -0.05) is 89.1 Å². The fraction of sp³-hybridized carbons (Fsp3) is 0.489. The topological polar surface area (TPSA) is 80.4 Å². The minimum Gasteiger partial charge on any atom is -0.488 e. The summed E-state index contributed by atoms with van der Waals surface area (Å²) in [5.74, 6) is 1.45. The molecule has 8 nitrogen and oxygen atoms in total. The van der Waals surface area contributed by atoms with Crippen molar-refractivity contribution < 1.29 is 37.9 Å². The van der Waals surface area contributed by atoms with E-state index in [9.17, 15) is 0 Å². The first kappa shape index (κ1) is 46.7. The van der Waals surface area contributed by atoms with Crippen LogP contribution in [0.3, 0.4) is 0 Å². The fourth-order valence-electron chi connectivity index (χ4n) is 6.79. The predicted octanol–water partition coefficient (Wildman–Crippen LogP) is 12.4. The summed E-state index contributed by atoms with van der Waals surface area (Å²) in [5, 5.41) is 0. The van der Waals surface area contributed by atoms with Gasteiger partial charge < -0.3 is 37.9 Å². The maximum Gasteiger partial charge on any atom is 0.147 e. The van der Waals surface area contributed by atoms with Crippen molar-refractivity contribution in [3.05, 3.63) is 102 Å². The van der Waals surface area contributed by atoms with Crippen LogP contribution in [0.4, 0.5) is 0 Å². The zero-order valence-electron chi connectivity index (χ0n) is 34.4. The highest BCUT2D eigenvalue weighted by Crippen LogP contribution is 2.46. The van der Waals surface area contributed by atoms with Crippen molar-refractivity contribution in [1.29, 1.82) is 0 Å². The number of benzene rings is 4. The number of unbranched alkanes of at least 4 members (excludes halogenated alkanes) is 2. The lowest BCUT2D eigenvalue weighted by Gasteiger charge is -2.31. The molecule has 0 radical (unpaired) electrons. The van der Waals surface area contributed by atoms with Crippen LogP contribution in [-0.2, 0) is 33.8 Å². The molecule has 2 saturated heterocycles. The molecule has 0 saturated carbocycles. The zero-order chi connectivity index (χ0) is 41.8. The highest BCUT2D eigenvalue weighted by atomic mass is 79.9. The van der Waals surface area contributed by atoms with Crippen LogP contribution in [-0.4, -0.2) is 90.5 Å². The van der Waals surface area contributed by atoms with Gasteiger partial charge >= 0.3 is 0 Å². The maximum absolute atomic E-state index is 6.39. The first-order valence-corrected chi connectivity index (χ1v) is 23.8. The van der Waals surface area contributed by atoms with E-state index < -0.39 is 5.41 Å². The average molecular weight is 1070 g/mol. The molecule has 12 heteroatoms. The van der Waals surface area contributed by atoms with E-state index in [-0.39, 0.29) is 24.4 Å². The third-order valence-electron chi connectivity index (χ3n) is 10.4. The second-order valence-corrected chi connectivity index (χ2v) is 19.0. The van der Waals surface area contributed by atoms with E-state index >= 15 is 0 Å². The molecule has 2 fully saturated rings. The minimum atomic E-state index is -0.392. The Morgan fingerprint density at radius 1 is 0.593 bits per heavy atom. The molecular formula is C47H56Br4O8. The van der Waals surface area contributed by atoms with E-state index in [2.05, 4.69) is 164 Å². The number of rotatable bonds is 26. The van der Waals surface area contributed by atoms with E-state index in [0.29, 0.717) is 52.9 Å². The van der Waals surface area contributed by atoms with Gasteiger partial charge in [0.05, 0.1) is 57.5 Å².